The number of benzene rings is 1. The third-order valence-corrected chi connectivity index (χ3v) is 5.93. The number of nitrogens with one attached hydrogen (secondary N) is 1. The fraction of sp³-hybridized carbons (Fsp3) is 0.333. The number of aryl methyl sites for hydroxylation is 3. The van der Waals surface area contributed by atoms with Crippen molar-refractivity contribution in [2.75, 3.05) is 5.32 Å². The lowest BCUT2D eigenvalue weighted by Gasteiger charge is -2.20. The van der Waals surface area contributed by atoms with E-state index in [9.17, 15) is 19.5 Å². The van der Waals surface area contributed by atoms with Crippen molar-refractivity contribution in [2.45, 2.75) is 46.6 Å². The molecule has 0 saturated carbocycles. The average Bonchev–Trinajstić information content (AvgIpc) is 3.12. The highest BCUT2D eigenvalue weighted by atomic mass is 32.1. The van der Waals surface area contributed by atoms with Gasteiger partial charge in [0.2, 0.25) is 5.91 Å². The fourth-order valence-corrected chi connectivity index (χ4v) is 4.41. The zero-order chi connectivity index (χ0) is 21.3. The summed E-state index contributed by atoms with van der Waals surface area (Å²) in [5.41, 5.74) is 2.21. The van der Waals surface area contributed by atoms with Crippen LogP contribution in [0.2, 0.25) is 0 Å². The van der Waals surface area contributed by atoms with Gasteiger partial charge in [0.1, 0.15) is 16.7 Å². The maximum atomic E-state index is 13.1. The minimum atomic E-state index is -1.19. The zero-order valence-electron chi connectivity index (χ0n) is 16.8. The molecule has 8 heteroatoms. The van der Waals surface area contributed by atoms with E-state index in [1.54, 1.807) is 13.8 Å². The van der Waals surface area contributed by atoms with Gasteiger partial charge in [-0.1, -0.05) is 32.0 Å². The Bertz CT molecular complexity index is 1140. The summed E-state index contributed by atoms with van der Waals surface area (Å²) < 4.78 is 1.26. The van der Waals surface area contributed by atoms with Gasteiger partial charge in [-0.25, -0.2) is 9.78 Å². The molecule has 152 valence electrons. The average molecular weight is 413 g/mol. The number of amides is 1. The van der Waals surface area contributed by atoms with E-state index in [1.807, 2.05) is 32.0 Å². The van der Waals surface area contributed by atoms with E-state index in [0.29, 0.717) is 10.7 Å². The number of aromatic nitrogens is 2. The van der Waals surface area contributed by atoms with Crippen molar-refractivity contribution in [3.05, 3.63) is 56.4 Å². The van der Waals surface area contributed by atoms with Crippen molar-refractivity contribution < 1.29 is 14.7 Å². The molecule has 0 radical (unpaired) electrons. The second-order valence-electron chi connectivity index (χ2n) is 6.79. The quantitative estimate of drug-likeness (QED) is 0.640. The molecule has 1 atom stereocenters. The highest BCUT2D eigenvalue weighted by Crippen LogP contribution is 2.25. The van der Waals surface area contributed by atoms with Gasteiger partial charge in [-0.15, -0.1) is 11.3 Å². The topological polar surface area (TPSA) is 101 Å². The first kappa shape index (κ1) is 20.7. The summed E-state index contributed by atoms with van der Waals surface area (Å²) in [6.45, 7) is 7.29. The monoisotopic (exact) mass is 413 g/mol. The van der Waals surface area contributed by atoms with Gasteiger partial charge in [0.15, 0.2) is 0 Å². The molecule has 3 rings (SSSR count). The molecule has 0 saturated heterocycles. The maximum absolute atomic E-state index is 13.1. The molecule has 1 aromatic carbocycles. The highest BCUT2D eigenvalue weighted by molar-refractivity contribution is 7.17. The number of carboxylic acid groups (broad SMARTS) is 1. The number of hydrogen-bond donors (Lipinski definition) is 2. The van der Waals surface area contributed by atoms with Crippen LogP contribution in [-0.4, -0.2) is 26.5 Å². The van der Waals surface area contributed by atoms with Crippen LogP contribution >= 0.6 is 11.3 Å². The third kappa shape index (κ3) is 3.67. The van der Waals surface area contributed by atoms with Crippen molar-refractivity contribution >= 4 is 39.1 Å². The Kier molecular flexibility index (Phi) is 5.83. The summed E-state index contributed by atoms with van der Waals surface area (Å²) in [7, 11) is 0. The second-order valence-corrected chi connectivity index (χ2v) is 7.65. The molecule has 0 spiro atoms. The van der Waals surface area contributed by atoms with Crippen LogP contribution < -0.4 is 10.9 Å². The maximum Gasteiger partial charge on any atom is 0.337 e. The van der Waals surface area contributed by atoms with Gasteiger partial charge in [-0.05, 0) is 37.8 Å². The molecule has 0 aliphatic heterocycles. The lowest BCUT2D eigenvalue weighted by Crippen LogP contribution is -2.34. The molecule has 29 heavy (non-hydrogen) atoms. The van der Waals surface area contributed by atoms with Crippen LogP contribution in [0.4, 0.5) is 5.69 Å². The van der Waals surface area contributed by atoms with Gasteiger partial charge >= 0.3 is 5.97 Å². The lowest BCUT2D eigenvalue weighted by atomic mass is 10.0. The molecule has 0 bridgehead atoms. The summed E-state index contributed by atoms with van der Waals surface area (Å²) in [4.78, 5) is 42.3. The SMILES string of the molecule is CCc1cccc(CC)c1NC(=O)C(C)n1c(C)nc2scc(C(=O)O)c2c1=O. The molecule has 1 amide bonds. The number of rotatable bonds is 6. The normalized spacial score (nSPS) is 12.1. The van der Waals surface area contributed by atoms with E-state index in [1.165, 1.54) is 9.95 Å². The van der Waals surface area contributed by atoms with Gasteiger partial charge < -0.3 is 10.4 Å². The smallest absolute Gasteiger partial charge is 0.337 e. The first-order valence-corrected chi connectivity index (χ1v) is 10.3. The van der Waals surface area contributed by atoms with Crippen LogP contribution in [0.15, 0.2) is 28.4 Å². The van der Waals surface area contributed by atoms with E-state index < -0.39 is 17.6 Å². The number of nitrogens with zero attached hydrogens (tertiary/aromatic N) is 2. The van der Waals surface area contributed by atoms with Gasteiger partial charge in [-0.3, -0.25) is 14.2 Å². The first-order valence-electron chi connectivity index (χ1n) is 9.45. The van der Waals surface area contributed by atoms with Crippen molar-refractivity contribution in [3.63, 3.8) is 0 Å². The molecular formula is C21H23N3O4S. The Balaban J connectivity index is 2.05. The number of carbonyl (C=O) groups is 2. The second kappa shape index (κ2) is 8.16. The Morgan fingerprint density at radius 3 is 2.41 bits per heavy atom. The Hall–Kier alpha value is -3.00. The number of para-hydroxylation sites is 1. The van der Waals surface area contributed by atoms with Crippen molar-refractivity contribution in [2.24, 2.45) is 0 Å². The molecular weight excluding hydrogens is 390 g/mol. The number of carbonyl (C=O) groups excluding carboxylic acids is 1. The number of fused-ring (bicyclic) bond motifs is 1. The number of anilines is 1. The molecule has 2 aromatic heterocycles. The predicted molar refractivity (Wildman–Crippen MR) is 114 cm³/mol. The molecule has 0 aliphatic carbocycles. The minimum absolute atomic E-state index is 0.0379. The van der Waals surface area contributed by atoms with Gasteiger partial charge in [0.05, 0.1) is 10.9 Å². The largest absolute Gasteiger partial charge is 0.478 e. The summed E-state index contributed by atoms with van der Waals surface area (Å²) in [6.07, 6.45) is 1.53. The molecule has 7 nitrogen and oxygen atoms in total. The van der Waals surface area contributed by atoms with E-state index in [-0.39, 0.29) is 16.9 Å². The van der Waals surface area contributed by atoms with E-state index >= 15 is 0 Å². The predicted octanol–water partition coefficient (Wildman–Crippen LogP) is 3.79. The van der Waals surface area contributed by atoms with Crippen molar-refractivity contribution in [3.8, 4) is 0 Å². The first-order chi connectivity index (χ1) is 13.8. The van der Waals surface area contributed by atoms with E-state index in [4.69, 9.17) is 0 Å². The van der Waals surface area contributed by atoms with E-state index in [0.717, 1.165) is 41.0 Å². The number of hydrogen-bond acceptors (Lipinski definition) is 5. The van der Waals surface area contributed by atoms with Crippen molar-refractivity contribution in [1.82, 2.24) is 9.55 Å². The number of carboxylic acids is 1. The highest BCUT2D eigenvalue weighted by Gasteiger charge is 2.24. The minimum Gasteiger partial charge on any atom is -0.478 e. The van der Waals surface area contributed by atoms with Crippen LogP contribution in [0.3, 0.4) is 0 Å². The Labute approximate surface area is 172 Å². The van der Waals surface area contributed by atoms with Crippen LogP contribution in [0, 0.1) is 6.92 Å². The molecule has 0 aliphatic rings. The molecule has 3 aromatic rings. The molecule has 1 unspecified atom stereocenters. The third-order valence-electron chi connectivity index (χ3n) is 5.06. The van der Waals surface area contributed by atoms with Crippen LogP contribution in [0.1, 0.15) is 54.1 Å². The van der Waals surface area contributed by atoms with Gasteiger partial charge in [-0.2, -0.15) is 0 Å². The van der Waals surface area contributed by atoms with Crippen LogP contribution in [0.25, 0.3) is 10.2 Å². The zero-order valence-corrected chi connectivity index (χ0v) is 17.6. The van der Waals surface area contributed by atoms with Crippen LogP contribution in [0.5, 0.6) is 0 Å². The van der Waals surface area contributed by atoms with Crippen molar-refractivity contribution in [1.29, 1.82) is 0 Å². The van der Waals surface area contributed by atoms with E-state index in [2.05, 4.69) is 10.3 Å². The summed E-state index contributed by atoms with van der Waals surface area (Å²) >= 11 is 1.11. The standard InChI is InChI=1S/C21H23N3O4S/c1-5-13-8-7-9-14(6-2)17(13)23-18(25)11(3)24-12(4)22-19-16(20(24)26)15(10-29-19)21(27)28/h7-11H,5-6H2,1-4H3,(H,23,25)(H,27,28). The van der Waals surface area contributed by atoms with Gasteiger partial charge in [0.25, 0.3) is 5.56 Å². The molecule has 2 heterocycles. The fourth-order valence-electron chi connectivity index (χ4n) is 3.47. The summed E-state index contributed by atoms with van der Waals surface area (Å²) in [6, 6.07) is 5.05. The number of aromatic carboxylic acids is 1. The lowest BCUT2D eigenvalue weighted by molar-refractivity contribution is -0.118. The molecule has 0 fully saturated rings. The molecule has 2 N–H and O–H groups in total. The van der Waals surface area contributed by atoms with Crippen LogP contribution in [-0.2, 0) is 17.6 Å². The van der Waals surface area contributed by atoms with Gasteiger partial charge in [0, 0.05) is 11.1 Å². The number of thiophene rings is 1. The Morgan fingerprint density at radius 1 is 1.24 bits per heavy atom. The summed E-state index contributed by atoms with van der Waals surface area (Å²) in [5, 5.41) is 13.8. The summed E-state index contributed by atoms with van der Waals surface area (Å²) in [5.74, 6) is -1.17. The Morgan fingerprint density at radius 2 is 1.86 bits per heavy atom.